The molecule has 0 spiro atoms. The van der Waals surface area contributed by atoms with Crippen LogP contribution in [-0.4, -0.2) is 21.5 Å². The molecule has 5 nitrogen and oxygen atoms in total. The summed E-state index contributed by atoms with van der Waals surface area (Å²) in [6.45, 7) is 4.99. The Kier molecular flexibility index (Phi) is 6.04. The van der Waals surface area contributed by atoms with Crippen molar-refractivity contribution in [2.75, 3.05) is 0 Å². The van der Waals surface area contributed by atoms with Gasteiger partial charge in [-0.2, -0.15) is 0 Å². The van der Waals surface area contributed by atoms with Crippen LogP contribution in [0.4, 0.5) is 0 Å². The van der Waals surface area contributed by atoms with Crippen molar-refractivity contribution in [3.05, 3.63) is 78.4 Å². The van der Waals surface area contributed by atoms with E-state index >= 15 is 0 Å². The molecule has 3 aromatic rings. The van der Waals surface area contributed by atoms with Crippen molar-refractivity contribution < 1.29 is 4.79 Å². The number of nitrogens with two attached hydrogens (primary N) is 1. The summed E-state index contributed by atoms with van der Waals surface area (Å²) < 4.78 is 2.04. The van der Waals surface area contributed by atoms with E-state index in [0.29, 0.717) is 6.54 Å². The molecule has 2 aromatic carbocycles. The summed E-state index contributed by atoms with van der Waals surface area (Å²) in [5.41, 5.74) is 10.4. The summed E-state index contributed by atoms with van der Waals surface area (Å²) in [5.74, 6) is -0.227. The summed E-state index contributed by atoms with van der Waals surface area (Å²) in [5, 5.41) is 3.00. The summed E-state index contributed by atoms with van der Waals surface area (Å²) >= 11 is 0. The zero-order valence-corrected chi connectivity index (χ0v) is 15.8. The largest absolute Gasteiger partial charge is 0.352 e. The van der Waals surface area contributed by atoms with Gasteiger partial charge in [-0.15, -0.1) is 0 Å². The average Bonchev–Trinajstić information content (AvgIpc) is 3.19. The van der Waals surface area contributed by atoms with Gasteiger partial charge in [0.05, 0.1) is 6.33 Å². The number of benzene rings is 2. The molecule has 0 aliphatic rings. The van der Waals surface area contributed by atoms with Gasteiger partial charge in [0.2, 0.25) is 5.91 Å². The molecule has 1 aromatic heterocycles. The van der Waals surface area contributed by atoms with E-state index in [4.69, 9.17) is 5.73 Å². The van der Waals surface area contributed by atoms with E-state index in [0.717, 1.165) is 23.2 Å². The first-order valence-corrected chi connectivity index (χ1v) is 9.21. The second-order valence-corrected chi connectivity index (χ2v) is 6.95. The molecule has 0 bridgehead atoms. The Balaban J connectivity index is 1.72. The lowest BCUT2D eigenvalue weighted by molar-refractivity contribution is -0.125. The normalized spacial score (nSPS) is 13.1. The molecule has 5 heteroatoms. The molecule has 0 fully saturated rings. The predicted molar refractivity (Wildman–Crippen MR) is 108 cm³/mol. The minimum atomic E-state index is -0.209. The Hall–Kier alpha value is -2.92. The zero-order chi connectivity index (χ0) is 19.2. The Bertz CT molecular complexity index is 870. The minimum Gasteiger partial charge on any atom is -0.352 e. The van der Waals surface area contributed by atoms with Gasteiger partial charge in [-0.3, -0.25) is 4.79 Å². The number of carbonyl (C=O) groups excluding carboxylic acids is 1. The fourth-order valence-electron chi connectivity index (χ4n) is 2.92. The second-order valence-electron chi connectivity index (χ2n) is 6.95. The van der Waals surface area contributed by atoms with E-state index < -0.39 is 0 Å². The maximum atomic E-state index is 12.2. The van der Waals surface area contributed by atoms with Crippen LogP contribution in [0.1, 0.15) is 25.0 Å². The van der Waals surface area contributed by atoms with Crippen molar-refractivity contribution >= 4 is 5.91 Å². The van der Waals surface area contributed by atoms with Crippen LogP contribution in [0.15, 0.2) is 67.3 Å². The standard InChI is InChI=1S/C22H26N4O/c1-16(17(2)23)22(27)25-13-20-5-3-4-6-21(20)19-9-7-18(8-10-19)14-26-12-11-24-15-26/h3-12,15-17H,13-14,23H2,1-2H3,(H,25,27). The Morgan fingerprint density at radius 2 is 1.89 bits per heavy atom. The molecule has 0 aliphatic carbocycles. The third-order valence-electron chi connectivity index (χ3n) is 4.86. The fraction of sp³-hybridized carbons (Fsp3) is 0.273. The minimum absolute atomic E-state index is 0.0181. The summed E-state index contributed by atoms with van der Waals surface area (Å²) in [7, 11) is 0. The number of nitrogens with zero attached hydrogens (tertiary/aromatic N) is 2. The van der Waals surface area contributed by atoms with Gasteiger partial charge < -0.3 is 15.6 Å². The van der Waals surface area contributed by atoms with Gasteiger partial charge in [-0.05, 0) is 29.2 Å². The van der Waals surface area contributed by atoms with E-state index in [1.54, 1.807) is 6.20 Å². The number of amides is 1. The quantitative estimate of drug-likeness (QED) is 0.678. The van der Waals surface area contributed by atoms with Crippen molar-refractivity contribution in [3.8, 4) is 11.1 Å². The SMILES string of the molecule is CC(N)C(C)C(=O)NCc1ccccc1-c1ccc(Cn2ccnc2)cc1. The molecule has 3 N–H and O–H groups in total. The molecule has 1 amide bonds. The van der Waals surface area contributed by atoms with Crippen LogP contribution in [0, 0.1) is 5.92 Å². The lowest BCUT2D eigenvalue weighted by atomic mass is 9.98. The zero-order valence-electron chi connectivity index (χ0n) is 15.8. The van der Waals surface area contributed by atoms with Gasteiger partial charge in [-0.25, -0.2) is 4.98 Å². The maximum absolute atomic E-state index is 12.2. The number of hydrogen-bond donors (Lipinski definition) is 2. The Morgan fingerprint density at radius 3 is 2.56 bits per heavy atom. The van der Waals surface area contributed by atoms with Crippen molar-refractivity contribution in [3.63, 3.8) is 0 Å². The van der Waals surface area contributed by atoms with Crippen LogP contribution in [0.25, 0.3) is 11.1 Å². The highest BCUT2D eigenvalue weighted by Gasteiger charge is 2.17. The Morgan fingerprint density at radius 1 is 1.15 bits per heavy atom. The molecule has 0 saturated carbocycles. The van der Waals surface area contributed by atoms with Crippen molar-refractivity contribution in [2.24, 2.45) is 11.7 Å². The van der Waals surface area contributed by atoms with Crippen molar-refractivity contribution in [1.29, 1.82) is 0 Å². The lowest BCUT2D eigenvalue weighted by Gasteiger charge is -2.17. The third-order valence-corrected chi connectivity index (χ3v) is 4.86. The van der Waals surface area contributed by atoms with Crippen LogP contribution >= 0.6 is 0 Å². The molecule has 0 aliphatic heterocycles. The van der Waals surface area contributed by atoms with Crippen molar-refractivity contribution in [2.45, 2.75) is 33.0 Å². The first-order chi connectivity index (χ1) is 13.0. The lowest BCUT2D eigenvalue weighted by Crippen LogP contribution is -2.38. The number of imidazole rings is 1. The number of aromatic nitrogens is 2. The van der Waals surface area contributed by atoms with E-state index in [1.165, 1.54) is 5.56 Å². The molecular formula is C22H26N4O. The number of nitrogens with one attached hydrogen (secondary N) is 1. The Labute approximate surface area is 160 Å². The van der Waals surface area contributed by atoms with E-state index in [-0.39, 0.29) is 17.9 Å². The molecule has 0 saturated heterocycles. The van der Waals surface area contributed by atoms with Gasteiger partial charge in [-0.1, -0.05) is 55.5 Å². The highest BCUT2D eigenvalue weighted by Crippen LogP contribution is 2.24. The van der Waals surface area contributed by atoms with Gasteiger partial charge >= 0.3 is 0 Å². The van der Waals surface area contributed by atoms with Gasteiger partial charge in [0, 0.05) is 37.4 Å². The van der Waals surface area contributed by atoms with Crippen LogP contribution in [0.5, 0.6) is 0 Å². The van der Waals surface area contributed by atoms with Gasteiger partial charge in [0.25, 0.3) is 0 Å². The maximum Gasteiger partial charge on any atom is 0.224 e. The van der Waals surface area contributed by atoms with E-state index in [1.807, 2.05) is 49.1 Å². The van der Waals surface area contributed by atoms with E-state index in [9.17, 15) is 4.79 Å². The molecule has 140 valence electrons. The van der Waals surface area contributed by atoms with Crippen LogP contribution in [0.3, 0.4) is 0 Å². The second kappa shape index (κ2) is 8.64. The molecular weight excluding hydrogens is 336 g/mol. The molecule has 27 heavy (non-hydrogen) atoms. The number of rotatable bonds is 7. The molecule has 0 radical (unpaired) electrons. The fourth-order valence-corrected chi connectivity index (χ4v) is 2.92. The predicted octanol–water partition coefficient (Wildman–Crippen LogP) is 3.20. The first kappa shape index (κ1) is 18.9. The number of hydrogen-bond acceptors (Lipinski definition) is 3. The van der Waals surface area contributed by atoms with Gasteiger partial charge in [0.15, 0.2) is 0 Å². The van der Waals surface area contributed by atoms with Crippen LogP contribution < -0.4 is 11.1 Å². The first-order valence-electron chi connectivity index (χ1n) is 9.21. The highest BCUT2D eigenvalue weighted by atomic mass is 16.1. The average molecular weight is 362 g/mol. The third kappa shape index (κ3) is 4.83. The molecule has 2 atom stereocenters. The topological polar surface area (TPSA) is 72.9 Å². The van der Waals surface area contributed by atoms with Crippen molar-refractivity contribution in [1.82, 2.24) is 14.9 Å². The number of carbonyl (C=O) groups is 1. The highest BCUT2D eigenvalue weighted by molar-refractivity contribution is 5.79. The monoisotopic (exact) mass is 362 g/mol. The summed E-state index contributed by atoms with van der Waals surface area (Å²) in [4.78, 5) is 16.3. The molecule has 2 unspecified atom stereocenters. The molecule has 3 rings (SSSR count). The molecule has 1 heterocycles. The van der Waals surface area contributed by atoms with Crippen LogP contribution in [-0.2, 0) is 17.9 Å². The van der Waals surface area contributed by atoms with Gasteiger partial charge in [0.1, 0.15) is 0 Å². The van der Waals surface area contributed by atoms with Crippen LogP contribution in [0.2, 0.25) is 0 Å². The van der Waals surface area contributed by atoms with E-state index in [2.05, 4.69) is 40.6 Å². The summed E-state index contributed by atoms with van der Waals surface area (Å²) in [6, 6.07) is 16.5. The smallest absolute Gasteiger partial charge is 0.224 e. The summed E-state index contributed by atoms with van der Waals surface area (Å²) in [6.07, 6.45) is 5.55.